The van der Waals surface area contributed by atoms with Gasteiger partial charge in [-0.2, -0.15) is 13.2 Å². The maximum Gasteiger partial charge on any atom is 0.416 e. The van der Waals surface area contributed by atoms with Crippen LogP contribution >= 0.6 is 11.3 Å². The first-order chi connectivity index (χ1) is 15.5. The molecular formula is C25H24F3NO3S. The predicted octanol–water partition coefficient (Wildman–Crippen LogP) is 6.34. The maximum atomic E-state index is 13.1. The molecule has 0 amide bonds. The molecule has 33 heavy (non-hydrogen) atoms. The lowest BCUT2D eigenvalue weighted by molar-refractivity contribution is -0.137. The summed E-state index contributed by atoms with van der Waals surface area (Å²) in [5, 5.41) is 0. The van der Waals surface area contributed by atoms with Crippen LogP contribution in [0.15, 0.2) is 36.4 Å². The maximum absolute atomic E-state index is 13.1. The number of carbonyl (C=O) groups excluding carboxylic acids is 2. The number of alkyl halides is 3. The van der Waals surface area contributed by atoms with E-state index in [-0.39, 0.29) is 0 Å². The molecule has 1 aromatic carbocycles. The monoisotopic (exact) mass is 475 g/mol. The predicted molar refractivity (Wildman–Crippen MR) is 120 cm³/mol. The van der Waals surface area contributed by atoms with Crippen LogP contribution in [0.4, 0.5) is 13.2 Å². The molecule has 0 saturated carbocycles. The summed E-state index contributed by atoms with van der Waals surface area (Å²) in [6.07, 6.45) is -1.46. The van der Waals surface area contributed by atoms with E-state index in [0.29, 0.717) is 33.4 Å². The van der Waals surface area contributed by atoms with Gasteiger partial charge in [-0.25, -0.2) is 4.79 Å². The lowest BCUT2D eigenvalue weighted by atomic mass is 9.90. The molecule has 1 unspecified atom stereocenters. The zero-order chi connectivity index (χ0) is 23.9. The van der Waals surface area contributed by atoms with Crippen molar-refractivity contribution < 1.29 is 27.5 Å². The number of halogens is 3. The number of hydrogen-bond acceptors (Lipinski definition) is 4. The summed E-state index contributed by atoms with van der Waals surface area (Å²) >= 11 is 1.42. The number of fused-ring (bicyclic) bond motifs is 1. The van der Waals surface area contributed by atoms with Crippen molar-refractivity contribution in [1.29, 1.82) is 0 Å². The molecule has 2 heterocycles. The highest BCUT2D eigenvalue weighted by Crippen LogP contribution is 2.33. The Balaban J connectivity index is 1.49. The van der Waals surface area contributed by atoms with Gasteiger partial charge in [-0.3, -0.25) is 4.79 Å². The van der Waals surface area contributed by atoms with Crippen LogP contribution in [0.1, 0.15) is 60.8 Å². The van der Waals surface area contributed by atoms with Crippen LogP contribution in [0, 0.1) is 19.8 Å². The molecule has 0 saturated heterocycles. The van der Waals surface area contributed by atoms with E-state index in [1.807, 2.05) is 6.07 Å². The fourth-order valence-electron chi connectivity index (χ4n) is 4.35. The molecule has 0 aliphatic heterocycles. The molecule has 0 radical (unpaired) electrons. The van der Waals surface area contributed by atoms with Gasteiger partial charge in [-0.15, -0.1) is 11.3 Å². The third-order valence-electron chi connectivity index (χ3n) is 6.03. The summed E-state index contributed by atoms with van der Waals surface area (Å²) in [6.45, 7) is 5.14. The number of Topliss-reactive ketones (excluding diaryl/α,β-unsaturated/α-hetero) is 1. The topological polar surface area (TPSA) is 48.3 Å². The van der Waals surface area contributed by atoms with Gasteiger partial charge in [-0.1, -0.05) is 13.0 Å². The minimum absolute atomic E-state index is 0.314. The van der Waals surface area contributed by atoms with Crippen molar-refractivity contribution in [2.75, 3.05) is 6.61 Å². The number of benzene rings is 1. The summed E-state index contributed by atoms with van der Waals surface area (Å²) in [7, 11) is 0. The largest absolute Gasteiger partial charge is 0.453 e. The molecule has 0 bridgehead atoms. The molecule has 4 rings (SSSR count). The summed E-state index contributed by atoms with van der Waals surface area (Å²) in [4.78, 5) is 27.0. The second-order valence-corrected chi connectivity index (χ2v) is 9.71. The molecule has 0 fully saturated rings. The number of rotatable bonds is 5. The van der Waals surface area contributed by atoms with Crippen LogP contribution < -0.4 is 0 Å². The van der Waals surface area contributed by atoms with E-state index in [1.54, 1.807) is 30.5 Å². The number of aromatic nitrogens is 1. The highest BCUT2D eigenvalue weighted by Gasteiger charge is 2.31. The Hall–Kier alpha value is -2.87. The third kappa shape index (κ3) is 4.76. The van der Waals surface area contributed by atoms with Crippen LogP contribution in [-0.4, -0.2) is 22.9 Å². The molecule has 0 spiro atoms. The minimum Gasteiger partial charge on any atom is -0.453 e. The zero-order valence-corrected chi connectivity index (χ0v) is 19.4. The molecule has 1 aliphatic carbocycles. The van der Waals surface area contributed by atoms with Gasteiger partial charge in [0, 0.05) is 27.5 Å². The van der Waals surface area contributed by atoms with E-state index in [1.165, 1.54) is 27.8 Å². The molecule has 0 N–H and O–H groups in total. The van der Waals surface area contributed by atoms with Crippen molar-refractivity contribution in [3.8, 4) is 5.69 Å². The number of carbonyl (C=O) groups is 2. The number of aryl methyl sites for hydroxylation is 2. The Morgan fingerprint density at radius 2 is 1.94 bits per heavy atom. The van der Waals surface area contributed by atoms with Gasteiger partial charge in [0.05, 0.1) is 5.56 Å². The Morgan fingerprint density at radius 1 is 1.18 bits per heavy atom. The van der Waals surface area contributed by atoms with E-state index in [4.69, 9.17) is 4.74 Å². The number of esters is 1. The van der Waals surface area contributed by atoms with Crippen LogP contribution in [0.3, 0.4) is 0 Å². The van der Waals surface area contributed by atoms with Crippen molar-refractivity contribution >= 4 is 23.1 Å². The summed E-state index contributed by atoms with van der Waals surface area (Å²) < 4.78 is 46.2. The van der Waals surface area contributed by atoms with E-state index in [9.17, 15) is 22.8 Å². The van der Waals surface area contributed by atoms with E-state index < -0.39 is 30.1 Å². The zero-order valence-electron chi connectivity index (χ0n) is 18.6. The number of ketones is 1. The first kappa shape index (κ1) is 23.3. The Kier molecular flexibility index (Phi) is 6.22. The number of nitrogens with zero attached hydrogens (tertiary/aromatic N) is 1. The normalized spacial score (nSPS) is 15.9. The van der Waals surface area contributed by atoms with E-state index in [0.717, 1.165) is 31.4 Å². The second-order valence-electron chi connectivity index (χ2n) is 8.57. The average Bonchev–Trinajstić information content (AvgIpc) is 3.31. The summed E-state index contributed by atoms with van der Waals surface area (Å²) in [5.74, 6) is -0.337. The number of ether oxygens (including phenoxy) is 1. The smallest absolute Gasteiger partial charge is 0.416 e. The molecule has 1 aliphatic rings. The summed E-state index contributed by atoms with van der Waals surface area (Å²) in [5.41, 5.74) is 2.16. The Labute approximate surface area is 194 Å². The minimum atomic E-state index is -4.46. The highest BCUT2D eigenvalue weighted by molar-refractivity contribution is 7.14. The fourth-order valence-corrected chi connectivity index (χ4v) is 5.45. The van der Waals surface area contributed by atoms with E-state index >= 15 is 0 Å². The van der Waals surface area contributed by atoms with Crippen LogP contribution in [0.25, 0.3) is 5.69 Å². The lowest BCUT2D eigenvalue weighted by Crippen LogP contribution is -2.14. The van der Waals surface area contributed by atoms with Crippen molar-refractivity contribution in [3.63, 3.8) is 0 Å². The van der Waals surface area contributed by atoms with Gasteiger partial charge in [0.1, 0.15) is 4.88 Å². The SMILES string of the molecule is Cc1cc(C(=O)COC(=O)c2cc3c(s2)CCC(C)C3)c(C)n1-c1cccc(C(F)(F)F)c1. The van der Waals surface area contributed by atoms with Crippen molar-refractivity contribution in [3.05, 3.63) is 74.2 Å². The van der Waals surface area contributed by atoms with Gasteiger partial charge in [0.15, 0.2) is 6.61 Å². The highest BCUT2D eigenvalue weighted by atomic mass is 32.1. The van der Waals surface area contributed by atoms with Crippen LogP contribution in [0.2, 0.25) is 0 Å². The van der Waals surface area contributed by atoms with Crippen molar-refractivity contribution in [2.45, 2.75) is 46.2 Å². The fraction of sp³-hybridized carbons (Fsp3) is 0.360. The molecular weight excluding hydrogens is 451 g/mol. The summed E-state index contributed by atoms with van der Waals surface area (Å²) in [6, 6.07) is 8.42. The van der Waals surface area contributed by atoms with Gasteiger partial charge in [0.25, 0.3) is 0 Å². The molecule has 8 heteroatoms. The van der Waals surface area contributed by atoms with Gasteiger partial charge < -0.3 is 9.30 Å². The average molecular weight is 476 g/mol. The quantitative estimate of drug-likeness (QED) is 0.320. The van der Waals surface area contributed by atoms with Gasteiger partial charge in [0.2, 0.25) is 5.78 Å². The van der Waals surface area contributed by atoms with Crippen LogP contribution in [0.5, 0.6) is 0 Å². The van der Waals surface area contributed by atoms with Gasteiger partial charge in [-0.05, 0) is 74.9 Å². The van der Waals surface area contributed by atoms with Crippen molar-refractivity contribution in [2.24, 2.45) is 5.92 Å². The molecule has 4 nitrogen and oxygen atoms in total. The van der Waals surface area contributed by atoms with Crippen LogP contribution in [-0.2, 0) is 23.8 Å². The number of thiophene rings is 1. The standard InChI is InChI=1S/C25H24F3NO3S/c1-14-7-8-22-17(9-14)11-23(33-22)24(31)32-13-21(30)20-10-15(2)29(16(20)3)19-6-4-5-18(12-19)25(26,27)28/h4-6,10-12,14H,7-9,13H2,1-3H3. The van der Waals surface area contributed by atoms with Crippen molar-refractivity contribution in [1.82, 2.24) is 4.57 Å². The Bertz CT molecular complexity index is 1220. The first-order valence-electron chi connectivity index (χ1n) is 10.7. The number of hydrogen-bond donors (Lipinski definition) is 0. The molecule has 174 valence electrons. The molecule has 2 aromatic heterocycles. The van der Waals surface area contributed by atoms with E-state index in [2.05, 4.69) is 6.92 Å². The van der Waals surface area contributed by atoms with Gasteiger partial charge >= 0.3 is 12.1 Å². The second kappa shape index (κ2) is 8.82. The Morgan fingerprint density at radius 3 is 2.67 bits per heavy atom. The lowest BCUT2D eigenvalue weighted by Gasteiger charge is -2.16. The third-order valence-corrected chi connectivity index (χ3v) is 7.25. The first-order valence-corrected chi connectivity index (χ1v) is 11.5. The molecule has 1 atom stereocenters. The molecule has 3 aromatic rings.